The lowest BCUT2D eigenvalue weighted by Gasteiger charge is -2.26. The number of hydrogen-bond acceptors (Lipinski definition) is 4. The van der Waals surface area contributed by atoms with E-state index in [1.807, 2.05) is 36.1 Å². The van der Waals surface area contributed by atoms with Gasteiger partial charge in [-0.25, -0.2) is 0 Å². The molecule has 5 nitrogen and oxygen atoms in total. The zero-order valence-corrected chi connectivity index (χ0v) is 17.3. The smallest absolute Gasteiger partial charge is 0.254 e. The lowest BCUT2D eigenvalue weighted by atomic mass is 10.0. The van der Waals surface area contributed by atoms with E-state index in [1.165, 1.54) is 0 Å². The molecule has 1 unspecified atom stereocenters. The number of likely N-dealkylation sites (tertiary alicyclic amines) is 1. The van der Waals surface area contributed by atoms with Crippen LogP contribution in [-0.2, 0) is 0 Å². The highest BCUT2D eigenvalue weighted by Crippen LogP contribution is 2.39. The van der Waals surface area contributed by atoms with E-state index in [-0.39, 0.29) is 11.9 Å². The fourth-order valence-corrected chi connectivity index (χ4v) is 3.80. The SMILES string of the molecule is CCCOc1c(Cl)cc(C(=O)N2CCCC2c2ccc(OC)cc2)cc1OC. The first-order valence-corrected chi connectivity index (χ1v) is 9.92. The summed E-state index contributed by atoms with van der Waals surface area (Å²) in [6.45, 7) is 3.27. The molecule has 0 N–H and O–H groups in total. The minimum Gasteiger partial charge on any atom is -0.497 e. The summed E-state index contributed by atoms with van der Waals surface area (Å²) >= 11 is 6.40. The Labute approximate surface area is 171 Å². The van der Waals surface area contributed by atoms with Crippen molar-refractivity contribution < 1.29 is 19.0 Å². The molecule has 1 saturated heterocycles. The number of hydrogen-bond donors (Lipinski definition) is 0. The molecule has 2 aromatic carbocycles. The Kier molecular flexibility index (Phi) is 6.68. The third-order valence-electron chi connectivity index (χ3n) is 4.94. The number of amides is 1. The summed E-state index contributed by atoms with van der Waals surface area (Å²) in [5, 5.41) is 0.386. The van der Waals surface area contributed by atoms with E-state index in [0.717, 1.165) is 30.6 Å². The summed E-state index contributed by atoms with van der Waals surface area (Å²) in [7, 11) is 3.19. The van der Waals surface area contributed by atoms with Crippen LogP contribution in [0, 0.1) is 0 Å². The van der Waals surface area contributed by atoms with Gasteiger partial charge in [0, 0.05) is 12.1 Å². The summed E-state index contributed by atoms with van der Waals surface area (Å²) in [5.74, 6) is 1.71. The first-order chi connectivity index (χ1) is 13.6. The van der Waals surface area contributed by atoms with Crippen molar-refractivity contribution in [2.24, 2.45) is 0 Å². The number of halogens is 1. The Morgan fingerprint density at radius 3 is 2.57 bits per heavy atom. The van der Waals surface area contributed by atoms with E-state index in [0.29, 0.717) is 35.2 Å². The molecule has 28 heavy (non-hydrogen) atoms. The molecule has 1 amide bonds. The monoisotopic (exact) mass is 403 g/mol. The van der Waals surface area contributed by atoms with Crippen molar-refractivity contribution in [1.29, 1.82) is 0 Å². The Morgan fingerprint density at radius 2 is 1.93 bits per heavy atom. The number of rotatable bonds is 7. The van der Waals surface area contributed by atoms with Crippen LogP contribution in [0.15, 0.2) is 36.4 Å². The van der Waals surface area contributed by atoms with Crippen molar-refractivity contribution in [3.8, 4) is 17.2 Å². The fraction of sp³-hybridized carbons (Fsp3) is 0.409. The van der Waals surface area contributed by atoms with Gasteiger partial charge >= 0.3 is 0 Å². The molecule has 150 valence electrons. The van der Waals surface area contributed by atoms with Crippen LogP contribution in [0.4, 0.5) is 0 Å². The third-order valence-corrected chi connectivity index (χ3v) is 5.22. The van der Waals surface area contributed by atoms with Crippen molar-refractivity contribution in [3.05, 3.63) is 52.5 Å². The van der Waals surface area contributed by atoms with Crippen LogP contribution >= 0.6 is 11.6 Å². The maximum atomic E-state index is 13.2. The number of ether oxygens (including phenoxy) is 3. The van der Waals surface area contributed by atoms with Gasteiger partial charge < -0.3 is 19.1 Å². The highest BCUT2D eigenvalue weighted by atomic mass is 35.5. The Hall–Kier alpha value is -2.40. The zero-order chi connectivity index (χ0) is 20.1. The van der Waals surface area contributed by atoms with E-state index in [9.17, 15) is 4.79 Å². The Morgan fingerprint density at radius 1 is 1.18 bits per heavy atom. The minimum atomic E-state index is -0.0550. The van der Waals surface area contributed by atoms with Crippen molar-refractivity contribution in [2.45, 2.75) is 32.2 Å². The number of benzene rings is 2. The first-order valence-electron chi connectivity index (χ1n) is 9.54. The Bertz CT molecular complexity index is 822. The van der Waals surface area contributed by atoms with Gasteiger partial charge in [0.1, 0.15) is 5.75 Å². The van der Waals surface area contributed by atoms with Gasteiger partial charge in [-0.15, -0.1) is 0 Å². The molecule has 0 saturated carbocycles. The van der Waals surface area contributed by atoms with Crippen LogP contribution in [0.3, 0.4) is 0 Å². The molecular formula is C22H26ClNO4. The average molecular weight is 404 g/mol. The molecule has 1 atom stereocenters. The molecule has 1 heterocycles. The largest absolute Gasteiger partial charge is 0.497 e. The molecule has 0 radical (unpaired) electrons. The summed E-state index contributed by atoms with van der Waals surface area (Å²) in [5.41, 5.74) is 1.61. The molecule has 1 aliphatic heterocycles. The van der Waals surface area contributed by atoms with Crippen molar-refractivity contribution in [3.63, 3.8) is 0 Å². The van der Waals surface area contributed by atoms with Gasteiger partial charge in [-0.3, -0.25) is 4.79 Å². The van der Waals surface area contributed by atoms with E-state index in [4.69, 9.17) is 25.8 Å². The summed E-state index contributed by atoms with van der Waals surface area (Å²) in [4.78, 5) is 15.1. The highest BCUT2D eigenvalue weighted by Gasteiger charge is 2.31. The van der Waals surface area contributed by atoms with Gasteiger partial charge in [-0.05, 0) is 49.1 Å². The topological polar surface area (TPSA) is 48.0 Å². The van der Waals surface area contributed by atoms with Crippen LogP contribution in [0.1, 0.15) is 48.1 Å². The first kappa shape index (κ1) is 20.3. The maximum Gasteiger partial charge on any atom is 0.254 e. The normalized spacial score (nSPS) is 16.1. The van der Waals surface area contributed by atoms with Crippen LogP contribution < -0.4 is 14.2 Å². The second kappa shape index (κ2) is 9.20. The van der Waals surface area contributed by atoms with Gasteiger partial charge in [0.25, 0.3) is 5.91 Å². The number of carbonyl (C=O) groups is 1. The lowest BCUT2D eigenvalue weighted by Crippen LogP contribution is -2.30. The standard InChI is InChI=1S/C22H26ClNO4/c1-4-12-28-21-18(23)13-16(14-20(21)27-3)22(25)24-11-5-6-19(24)15-7-9-17(26-2)10-8-15/h7-10,13-14,19H,4-6,11-12H2,1-3H3. The third kappa shape index (κ3) is 4.20. The molecule has 1 aliphatic rings. The molecule has 1 fully saturated rings. The average Bonchev–Trinajstić information content (AvgIpc) is 3.21. The Balaban J connectivity index is 1.86. The van der Waals surface area contributed by atoms with Gasteiger partial charge in [0.05, 0.1) is 31.9 Å². The number of carbonyl (C=O) groups excluding carboxylic acids is 1. The van der Waals surface area contributed by atoms with E-state index >= 15 is 0 Å². The molecule has 3 rings (SSSR count). The summed E-state index contributed by atoms with van der Waals surface area (Å²) in [6, 6.07) is 11.3. The molecule has 0 aromatic heterocycles. The van der Waals surface area contributed by atoms with Crippen LogP contribution in [0.25, 0.3) is 0 Å². The van der Waals surface area contributed by atoms with Crippen molar-refractivity contribution in [2.75, 3.05) is 27.4 Å². The second-order valence-electron chi connectivity index (χ2n) is 6.77. The molecule has 0 bridgehead atoms. The van der Waals surface area contributed by atoms with Crippen molar-refractivity contribution in [1.82, 2.24) is 4.90 Å². The fourth-order valence-electron chi connectivity index (χ4n) is 3.54. The maximum absolute atomic E-state index is 13.2. The van der Waals surface area contributed by atoms with Crippen LogP contribution in [0.5, 0.6) is 17.2 Å². The summed E-state index contributed by atoms with van der Waals surface area (Å²) < 4.78 is 16.3. The predicted octanol–water partition coefficient (Wildman–Crippen LogP) is 5.12. The lowest BCUT2D eigenvalue weighted by molar-refractivity contribution is 0.0735. The second-order valence-corrected chi connectivity index (χ2v) is 7.17. The van der Waals surface area contributed by atoms with Crippen molar-refractivity contribution >= 4 is 17.5 Å². The number of methoxy groups -OCH3 is 2. The zero-order valence-electron chi connectivity index (χ0n) is 16.5. The number of nitrogens with zero attached hydrogens (tertiary/aromatic N) is 1. The van der Waals surface area contributed by atoms with Crippen LogP contribution in [-0.4, -0.2) is 38.2 Å². The minimum absolute atomic E-state index is 0.0409. The van der Waals surface area contributed by atoms with E-state index in [1.54, 1.807) is 26.4 Å². The van der Waals surface area contributed by atoms with E-state index in [2.05, 4.69) is 0 Å². The van der Waals surface area contributed by atoms with Gasteiger partial charge in [-0.2, -0.15) is 0 Å². The predicted molar refractivity (Wildman–Crippen MR) is 110 cm³/mol. The molecular weight excluding hydrogens is 378 g/mol. The molecule has 6 heteroatoms. The van der Waals surface area contributed by atoms with Gasteiger partial charge in [0.2, 0.25) is 0 Å². The summed E-state index contributed by atoms with van der Waals surface area (Å²) in [6.07, 6.45) is 2.75. The van der Waals surface area contributed by atoms with E-state index < -0.39 is 0 Å². The van der Waals surface area contributed by atoms with Gasteiger partial charge in [0.15, 0.2) is 11.5 Å². The van der Waals surface area contributed by atoms with Gasteiger partial charge in [-0.1, -0.05) is 30.7 Å². The quantitative estimate of drug-likeness (QED) is 0.643. The van der Waals surface area contributed by atoms with Crippen LogP contribution in [0.2, 0.25) is 5.02 Å². The molecule has 2 aromatic rings. The molecule has 0 aliphatic carbocycles. The molecule has 0 spiro atoms. The highest BCUT2D eigenvalue weighted by molar-refractivity contribution is 6.32.